The molecule has 5 atom stereocenters. The van der Waals surface area contributed by atoms with Crippen LogP contribution < -0.4 is 14.9 Å². The molecule has 2 aromatic carbocycles. The number of fused-ring (bicyclic) bond motifs is 2. The summed E-state index contributed by atoms with van der Waals surface area (Å²) in [5, 5.41) is 40.8. The van der Waals surface area contributed by atoms with Gasteiger partial charge < -0.3 is 48.5 Å². The molecule has 1 fully saturated rings. The highest BCUT2D eigenvalue weighted by atomic mass is 16.7. The molecule has 5 rings (SSSR count). The van der Waals surface area contributed by atoms with E-state index in [1.54, 1.807) is 24.3 Å². The summed E-state index contributed by atoms with van der Waals surface area (Å²) in [6, 6.07) is 15.2. The number of carbonyl (C=O) groups excluding carboxylic acids is 2. The van der Waals surface area contributed by atoms with Gasteiger partial charge in [0.2, 0.25) is 13.1 Å². The highest BCUT2D eigenvalue weighted by molar-refractivity contribution is 6.02. The molecule has 0 amide bonds. The number of aliphatic hydroxyl groups is 4. The third-order valence-corrected chi connectivity index (χ3v) is 7.76. The Hall–Kier alpha value is -4.53. The van der Waals surface area contributed by atoms with Crippen LogP contribution in [0.2, 0.25) is 0 Å². The third-order valence-electron chi connectivity index (χ3n) is 7.76. The van der Waals surface area contributed by atoms with E-state index in [0.29, 0.717) is 47.5 Å². The smallest absolute Gasteiger partial charge is 0.308 e. The number of hydrogen-bond donors (Lipinski definition) is 4. The fraction of sp³-hybridized carbons (Fsp3) is 0.382. The highest BCUT2D eigenvalue weighted by Crippen LogP contribution is 2.42. The zero-order valence-corrected chi connectivity index (χ0v) is 25.8. The zero-order valence-electron chi connectivity index (χ0n) is 25.8. The van der Waals surface area contributed by atoms with Crippen LogP contribution in [0.4, 0.5) is 0 Å². The van der Waals surface area contributed by atoms with Crippen LogP contribution >= 0.6 is 0 Å². The highest BCUT2D eigenvalue weighted by Gasteiger charge is 2.44. The zero-order chi connectivity index (χ0) is 33.7. The van der Waals surface area contributed by atoms with Crippen molar-refractivity contribution in [3.8, 4) is 33.9 Å². The van der Waals surface area contributed by atoms with Gasteiger partial charge in [-0.15, -0.1) is 0 Å². The van der Waals surface area contributed by atoms with Crippen LogP contribution in [0.1, 0.15) is 31.7 Å². The van der Waals surface area contributed by atoms with Gasteiger partial charge in [0, 0.05) is 42.0 Å². The lowest BCUT2D eigenvalue weighted by Crippen LogP contribution is -2.60. The van der Waals surface area contributed by atoms with E-state index in [1.807, 2.05) is 25.1 Å². The van der Waals surface area contributed by atoms with Crippen molar-refractivity contribution >= 4 is 22.9 Å². The number of benzene rings is 3. The van der Waals surface area contributed by atoms with Gasteiger partial charge in [-0.05, 0) is 67.3 Å². The quantitative estimate of drug-likeness (QED) is 0.0757. The monoisotopic (exact) mass is 652 g/mol. The lowest BCUT2D eigenvalue weighted by atomic mass is 9.91. The predicted molar refractivity (Wildman–Crippen MR) is 166 cm³/mol. The normalized spacial score (nSPS) is 21.0. The first-order valence-electron chi connectivity index (χ1n) is 15.1. The number of esters is 2. The van der Waals surface area contributed by atoms with Crippen LogP contribution in [-0.2, 0) is 23.8 Å². The van der Waals surface area contributed by atoms with Gasteiger partial charge in [-0.1, -0.05) is 6.07 Å². The molecular formula is C34H36O13. The molecule has 0 unspecified atom stereocenters. The molecule has 2 aliphatic heterocycles. The van der Waals surface area contributed by atoms with Crippen molar-refractivity contribution in [2.24, 2.45) is 0 Å². The average molecular weight is 653 g/mol. The Labute approximate surface area is 269 Å². The summed E-state index contributed by atoms with van der Waals surface area (Å²) < 4.78 is 32.7. The Morgan fingerprint density at radius 2 is 1.64 bits per heavy atom. The molecule has 13 heteroatoms. The minimum atomic E-state index is -1.60. The number of hydrogen-bond acceptors (Lipinski definition) is 13. The number of aryl methyl sites for hydroxylation is 1. The molecule has 0 saturated carbocycles. The SMILES string of the molecule is CC(=O)OCOC(=O)CCCCOc1ccc(-c2c3ccc(=O)cc-3oc3cc(O[C@@H]4O[C@H](CO)[C@H](O)[C@H](O)[C@H]4O)ccc23)c(C)c1. The predicted octanol–water partition coefficient (Wildman–Crippen LogP) is 2.66. The second kappa shape index (κ2) is 14.9. The van der Waals surface area contributed by atoms with Gasteiger partial charge in [0.15, 0.2) is 5.43 Å². The van der Waals surface area contributed by atoms with Crippen molar-refractivity contribution in [1.82, 2.24) is 0 Å². The van der Waals surface area contributed by atoms with E-state index in [1.165, 1.54) is 19.1 Å². The molecule has 0 spiro atoms. The second-order valence-electron chi connectivity index (χ2n) is 11.2. The summed E-state index contributed by atoms with van der Waals surface area (Å²) in [6.45, 7) is 2.54. The molecular weight excluding hydrogens is 616 g/mol. The third kappa shape index (κ3) is 7.89. The van der Waals surface area contributed by atoms with Crippen molar-refractivity contribution < 1.29 is 58.1 Å². The summed E-state index contributed by atoms with van der Waals surface area (Å²) >= 11 is 0. The molecule has 250 valence electrons. The van der Waals surface area contributed by atoms with E-state index >= 15 is 0 Å². The van der Waals surface area contributed by atoms with Crippen LogP contribution in [0.15, 0.2) is 63.8 Å². The van der Waals surface area contributed by atoms with Crippen molar-refractivity contribution in [2.45, 2.75) is 63.8 Å². The number of carbonyl (C=O) groups is 2. The molecule has 1 saturated heterocycles. The number of aliphatic hydroxyl groups excluding tert-OH is 4. The van der Waals surface area contributed by atoms with E-state index in [4.69, 9.17) is 23.4 Å². The van der Waals surface area contributed by atoms with Gasteiger partial charge in [0.1, 0.15) is 47.3 Å². The number of rotatable bonds is 12. The van der Waals surface area contributed by atoms with Gasteiger partial charge in [-0.3, -0.25) is 14.4 Å². The number of ether oxygens (including phenoxy) is 5. The standard InChI is InChI=1S/C34H36O13/c1-18-13-21(42-12-4-3-5-29(38)44-17-43-19(2)36)7-10-23(18)30-24-9-6-20(37)14-26(24)46-27-15-22(8-11-25(27)30)45-34-33(41)32(40)31(39)28(16-35)47-34/h6-11,13-15,28,31-35,39-41H,3-5,12,16-17H2,1-2H3/t28-,31+,32+,33-,34-/m1/s1. The Morgan fingerprint density at radius 3 is 2.38 bits per heavy atom. The van der Waals surface area contributed by atoms with Crippen LogP contribution in [0.5, 0.6) is 11.5 Å². The minimum Gasteiger partial charge on any atom is -0.494 e. The lowest BCUT2D eigenvalue weighted by molar-refractivity contribution is -0.277. The molecule has 3 aliphatic rings. The van der Waals surface area contributed by atoms with Gasteiger partial charge in [-0.25, -0.2) is 0 Å². The van der Waals surface area contributed by atoms with Crippen LogP contribution in [0.3, 0.4) is 0 Å². The molecule has 2 aromatic rings. The second-order valence-corrected chi connectivity index (χ2v) is 11.2. The first kappa shape index (κ1) is 33.8. The average Bonchev–Trinajstić information content (AvgIpc) is 3.03. The maximum Gasteiger partial charge on any atom is 0.308 e. The first-order chi connectivity index (χ1) is 22.5. The summed E-state index contributed by atoms with van der Waals surface area (Å²) in [5.41, 5.74) is 3.39. The summed E-state index contributed by atoms with van der Waals surface area (Å²) in [4.78, 5) is 34.7. The van der Waals surface area contributed by atoms with Crippen molar-refractivity contribution in [3.63, 3.8) is 0 Å². The topological polar surface area (TPSA) is 191 Å². The molecule has 2 heterocycles. The van der Waals surface area contributed by atoms with E-state index in [9.17, 15) is 34.8 Å². The van der Waals surface area contributed by atoms with E-state index in [-0.39, 0.29) is 17.6 Å². The van der Waals surface area contributed by atoms with E-state index in [0.717, 1.165) is 16.7 Å². The van der Waals surface area contributed by atoms with Crippen LogP contribution in [0.25, 0.3) is 33.4 Å². The van der Waals surface area contributed by atoms with E-state index in [2.05, 4.69) is 4.74 Å². The molecule has 13 nitrogen and oxygen atoms in total. The van der Waals surface area contributed by atoms with Gasteiger partial charge in [-0.2, -0.15) is 0 Å². The molecule has 47 heavy (non-hydrogen) atoms. The largest absolute Gasteiger partial charge is 0.494 e. The summed E-state index contributed by atoms with van der Waals surface area (Å²) in [6.07, 6.45) is -5.92. The Balaban J connectivity index is 1.34. The molecule has 0 radical (unpaired) electrons. The van der Waals surface area contributed by atoms with Crippen molar-refractivity contribution in [2.75, 3.05) is 20.0 Å². The molecule has 0 aromatic heterocycles. The van der Waals surface area contributed by atoms with Crippen LogP contribution in [-0.4, -0.2) is 83.1 Å². The Morgan fingerprint density at radius 1 is 0.872 bits per heavy atom. The lowest BCUT2D eigenvalue weighted by Gasteiger charge is -2.39. The summed E-state index contributed by atoms with van der Waals surface area (Å²) in [5.74, 6) is 0.206. The molecule has 0 bridgehead atoms. The molecule has 4 N–H and O–H groups in total. The van der Waals surface area contributed by atoms with Gasteiger partial charge in [0.25, 0.3) is 0 Å². The maximum absolute atomic E-state index is 12.3. The number of unbranched alkanes of at least 4 members (excludes halogenated alkanes) is 1. The van der Waals surface area contributed by atoms with E-state index < -0.39 is 56.0 Å². The minimum absolute atomic E-state index is 0.169. The molecule has 1 aliphatic carbocycles. The van der Waals surface area contributed by atoms with Crippen molar-refractivity contribution in [1.29, 1.82) is 0 Å². The first-order valence-corrected chi connectivity index (χ1v) is 15.1. The summed E-state index contributed by atoms with van der Waals surface area (Å²) in [7, 11) is 0. The maximum atomic E-state index is 12.3. The Kier molecular flexibility index (Phi) is 10.7. The fourth-order valence-electron chi connectivity index (χ4n) is 5.33. The van der Waals surface area contributed by atoms with Crippen LogP contribution in [0, 0.1) is 6.92 Å². The van der Waals surface area contributed by atoms with Gasteiger partial charge in [0.05, 0.1) is 13.2 Å². The van der Waals surface area contributed by atoms with Crippen molar-refractivity contribution in [3.05, 3.63) is 70.4 Å². The van der Waals surface area contributed by atoms with Gasteiger partial charge >= 0.3 is 11.9 Å². The fourth-order valence-corrected chi connectivity index (χ4v) is 5.33. The Bertz CT molecular complexity index is 1750.